The van der Waals surface area contributed by atoms with Crippen molar-refractivity contribution < 1.29 is 40.8 Å². The molecule has 0 unspecified atom stereocenters. The molecule has 0 spiro atoms. The van der Waals surface area contributed by atoms with E-state index in [1.54, 1.807) is 0 Å². The largest absolute Gasteiger partial charge is 4.00 e. The number of rotatable bonds is 0. The molecule has 0 aromatic heterocycles. The molecule has 0 N–H and O–H groups in total. The smallest absolute Gasteiger partial charge is 2.00 e. The molecule has 0 aliphatic carbocycles. The number of hydrogen-bond acceptors (Lipinski definition) is 0. The monoisotopic (exact) mass is 126 g/mol. The van der Waals surface area contributed by atoms with Gasteiger partial charge in [-0.05, 0) is 0 Å². The molecule has 0 rings (SSSR count). The van der Waals surface area contributed by atoms with Gasteiger partial charge in [0.1, 0.15) is 0 Å². The van der Waals surface area contributed by atoms with Gasteiger partial charge in [0.25, 0.3) is 0 Å². The van der Waals surface area contributed by atoms with E-state index < -0.39 is 0 Å². The fourth-order valence-corrected chi connectivity index (χ4v) is 0. The zero-order chi connectivity index (χ0) is 0. The van der Waals surface area contributed by atoms with Gasteiger partial charge >= 0.3 is 47.2 Å². The summed E-state index contributed by atoms with van der Waals surface area (Å²) in [7, 11) is 0. The van der Waals surface area contributed by atoms with Crippen molar-refractivity contribution in [3.05, 3.63) is 0 Å². The van der Waals surface area contributed by atoms with Gasteiger partial charge in [0.05, 0.1) is 0 Å². The Kier molecular flexibility index (Phi) is 8380. The van der Waals surface area contributed by atoms with Gasteiger partial charge in [-0.1, -0.05) is 0 Å². The normalized spacial score (nSPS) is 0. The van der Waals surface area contributed by atoms with Gasteiger partial charge in [-0.25, -0.2) is 0 Å². The maximum absolute atomic E-state index is 0. The van der Waals surface area contributed by atoms with E-state index in [-0.39, 0.29) is 69.1 Å². The minimum absolute atomic E-state index is 0. The zero-order valence-electron chi connectivity index (χ0n) is 3.71. The van der Waals surface area contributed by atoms with Gasteiger partial charge in [0, 0.05) is 0 Å². The molecule has 0 fully saturated rings. The second kappa shape index (κ2) is 195. The third-order valence-corrected chi connectivity index (χ3v) is 0. The van der Waals surface area contributed by atoms with Crippen LogP contribution in [0.3, 0.4) is 0 Å². The fourth-order valence-electron chi connectivity index (χ4n) is 0. The Labute approximate surface area is 69.2 Å². The summed E-state index contributed by atoms with van der Waals surface area (Å²) in [5.74, 6) is 0. The molecule has 0 heterocycles. The van der Waals surface area contributed by atoms with Crippen molar-refractivity contribution in [2.75, 3.05) is 0 Å². The Bertz CT molecular complexity index is 11.7. The van der Waals surface area contributed by atoms with Crippen LogP contribution in [0.15, 0.2) is 0 Å². The van der Waals surface area contributed by atoms with Crippen molar-refractivity contribution in [3.8, 4) is 0 Å². The molecule has 0 amide bonds. The summed E-state index contributed by atoms with van der Waals surface area (Å²) in [6, 6.07) is 0. The van der Waals surface area contributed by atoms with E-state index in [9.17, 15) is 0 Å². The van der Waals surface area contributed by atoms with Crippen molar-refractivity contribution >= 4 is 28.3 Å². The summed E-state index contributed by atoms with van der Waals surface area (Å²) in [6.07, 6.45) is 0. The first-order chi connectivity index (χ1) is 0. The van der Waals surface area contributed by atoms with E-state index in [1.165, 1.54) is 0 Å². The molecule has 0 atom stereocenters. The van der Waals surface area contributed by atoms with Crippen molar-refractivity contribution in [1.82, 2.24) is 0 Å². The Morgan fingerprint density at radius 1 is 0.571 bits per heavy atom. The average molecular weight is 126 g/mol. The third kappa shape index (κ3) is 137. The molecule has 0 saturated carbocycles. The number of hydrogen-bond donors (Lipinski definition) is 0. The van der Waals surface area contributed by atoms with Crippen LogP contribution in [0.4, 0.5) is 0 Å². The second-order valence-electron chi connectivity index (χ2n) is 0. The molecule has 7 heteroatoms. The molecule has 32 valence electrons. The first-order valence-corrected chi connectivity index (χ1v) is 0. The van der Waals surface area contributed by atoms with Crippen LogP contribution in [-0.4, -0.2) is 28.3 Å². The van der Waals surface area contributed by atoms with Gasteiger partial charge < -0.3 is 21.9 Å². The minimum Gasteiger partial charge on any atom is -2.00 e. The van der Waals surface area contributed by atoms with E-state index in [0.717, 1.165) is 0 Å². The predicted octanol–water partition coefficient (Wildman–Crippen LogP) is -4.23. The van der Waals surface area contributed by atoms with Crippen LogP contribution >= 0.6 is 0 Å². The molecule has 0 aromatic carbocycles. The van der Waals surface area contributed by atoms with Gasteiger partial charge in [0.2, 0.25) is 0 Å². The molecule has 0 aliphatic heterocycles. The molecule has 4 nitrogen and oxygen atoms in total. The maximum atomic E-state index is 0. The summed E-state index contributed by atoms with van der Waals surface area (Å²) >= 11 is 0. The van der Waals surface area contributed by atoms with Crippen LogP contribution in [0.2, 0.25) is 0 Å². The van der Waals surface area contributed by atoms with Crippen LogP contribution in [0, 0.1) is 0 Å². The van der Waals surface area contributed by atoms with Crippen molar-refractivity contribution in [1.29, 1.82) is 0 Å². The Morgan fingerprint density at radius 2 is 0.571 bits per heavy atom. The molecule has 0 aliphatic rings. The fraction of sp³-hybridized carbons (Fsp3) is 0. The van der Waals surface area contributed by atoms with E-state index in [4.69, 9.17) is 0 Å². The SMILES string of the molecule is [Al+3].[Li+].[O-2].[O-2].[O-2].[O-2].[Si+4]. The Balaban J connectivity index is 0. The zero-order valence-corrected chi connectivity index (χ0v) is 5.87. The molecular formula is AlLiO4Si. The molecular weight excluding hydrogens is 126 g/mol. The third-order valence-electron chi connectivity index (χ3n) is 0. The summed E-state index contributed by atoms with van der Waals surface area (Å²) in [6.45, 7) is 0. The first-order valence-electron chi connectivity index (χ1n) is 0. The van der Waals surface area contributed by atoms with Crippen molar-refractivity contribution in [2.24, 2.45) is 0 Å². The Morgan fingerprint density at radius 3 is 0.571 bits per heavy atom. The summed E-state index contributed by atoms with van der Waals surface area (Å²) < 4.78 is 0. The van der Waals surface area contributed by atoms with Gasteiger partial charge in [-0.3, -0.25) is 0 Å². The van der Waals surface area contributed by atoms with Gasteiger partial charge in [0.15, 0.2) is 0 Å². The van der Waals surface area contributed by atoms with Crippen LogP contribution < -0.4 is 18.9 Å². The van der Waals surface area contributed by atoms with Crippen LogP contribution in [0.5, 0.6) is 0 Å². The van der Waals surface area contributed by atoms with E-state index >= 15 is 0 Å². The van der Waals surface area contributed by atoms with Gasteiger partial charge in [-0.15, -0.1) is 0 Å². The van der Waals surface area contributed by atoms with E-state index in [0.29, 0.717) is 0 Å². The molecule has 0 aromatic rings. The average Bonchev–Trinajstić information content (AvgIpc) is 0. The summed E-state index contributed by atoms with van der Waals surface area (Å²) in [4.78, 5) is 0. The molecule has 0 radical (unpaired) electrons. The van der Waals surface area contributed by atoms with Gasteiger partial charge in [-0.2, -0.15) is 0 Å². The molecule has 0 saturated heterocycles. The minimum atomic E-state index is 0. The van der Waals surface area contributed by atoms with Crippen molar-refractivity contribution in [2.45, 2.75) is 0 Å². The van der Waals surface area contributed by atoms with Crippen LogP contribution in [0.1, 0.15) is 0 Å². The van der Waals surface area contributed by atoms with Crippen molar-refractivity contribution in [3.63, 3.8) is 0 Å². The molecule has 0 bridgehead atoms. The topological polar surface area (TPSA) is 114 Å². The molecule has 7 heavy (non-hydrogen) atoms. The maximum Gasteiger partial charge on any atom is 4.00 e. The first kappa shape index (κ1) is 300. The quantitative estimate of drug-likeness (QED) is 0.292. The summed E-state index contributed by atoms with van der Waals surface area (Å²) in [5.41, 5.74) is 0. The van der Waals surface area contributed by atoms with E-state index in [2.05, 4.69) is 0 Å². The summed E-state index contributed by atoms with van der Waals surface area (Å²) in [5, 5.41) is 0. The Hall–Kier alpha value is 1.19. The van der Waals surface area contributed by atoms with Crippen LogP contribution in [0.25, 0.3) is 0 Å². The predicted molar refractivity (Wildman–Crippen MR) is 14.3 cm³/mol. The standard InChI is InChI=1S/Al.Li.4O.Si/q+3;+1;4*-2;+4. The van der Waals surface area contributed by atoms with Crippen LogP contribution in [-0.2, 0) is 21.9 Å². The second-order valence-corrected chi connectivity index (χ2v) is 0. The van der Waals surface area contributed by atoms with E-state index in [1.807, 2.05) is 0 Å².